The number of hydrogen-bond donors (Lipinski definition) is 1. The van der Waals surface area contributed by atoms with Gasteiger partial charge >= 0.3 is 5.97 Å². The first-order chi connectivity index (χ1) is 12.6. The quantitative estimate of drug-likeness (QED) is 0.536. The predicted molar refractivity (Wildman–Crippen MR) is 105 cm³/mol. The number of aryl methyl sites for hydroxylation is 2. The summed E-state index contributed by atoms with van der Waals surface area (Å²) in [5, 5.41) is 9.65. The Morgan fingerprint density at radius 1 is 1.08 bits per heavy atom. The van der Waals surface area contributed by atoms with Crippen molar-refractivity contribution in [3.8, 4) is 22.5 Å². The molecule has 1 N–H and O–H groups in total. The average Bonchev–Trinajstić information content (AvgIpc) is 3.20. The summed E-state index contributed by atoms with van der Waals surface area (Å²) in [6.07, 6.45) is 0.998. The topological polar surface area (TPSA) is 54.6 Å². The van der Waals surface area contributed by atoms with Gasteiger partial charge in [0, 0.05) is 16.8 Å². The second kappa shape index (κ2) is 6.42. The second-order valence-electron chi connectivity index (χ2n) is 6.17. The average molecular weight is 362 g/mol. The molecule has 0 saturated heterocycles. The van der Waals surface area contributed by atoms with Crippen LogP contribution in [0.4, 0.5) is 0 Å². The molecular formula is C21H18N2O2S. The number of rotatable bonds is 4. The van der Waals surface area contributed by atoms with Gasteiger partial charge in [-0.05, 0) is 18.9 Å². The normalized spacial score (nSPS) is 11.2. The van der Waals surface area contributed by atoms with Gasteiger partial charge in [0.15, 0.2) is 4.96 Å². The maximum atomic E-state index is 11.8. The molecule has 0 atom stereocenters. The van der Waals surface area contributed by atoms with E-state index in [1.54, 1.807) is 0 Å². The van der Waals surface area contributed by atoms with Gasteiger partial charge in [-0.3, -0.25) is 4.40 Å². The molecule has 130 valence electrons. The van der Waals surface area contributed by atoms with E-state index in [0.717, 1.165) is 28.9 Å². The van der Waals surface area contributed by atoms with Crippen LogP contribution in [0.15, 0.2) is 54.6 Å². The van der Waals surface area contributed by atoms with Crippen LogP contribution in [-0.2, 0) is 6.42 Å². The fourth-order valence-electron chi connectivity index (χ4n) is 3.22. The number of thiazole rings is 1. The van der Waals surface area contributed by atoms with Crippen molar-refractivity contribution in [2.45, 2.75) is 20.3 Å². The Labute approximate surface area is 155 Å². The van der Waals surface area contributed by atoms with Crippen LogP contribution < -0.4 is 0 Å². The Hall–Kier alpha value is -2.92. The molecule has 0 amide bonds. The zero-order valence-electron chi connectivity index (χ0n) is 14.6. The third-order valence-corrected chi connectivity index (χ3v) is 5.61. The molecule has 2 aromatic heterocycles. The number of imidazole rings is 1. The molecule has 0 bridgehead atoms. The van der Waals surface area contributed by atoms with Gasteiger partial charge in [0.25, 0.3) is 0 Å². The molecule has 0 aliphatic carbocycles. The largest absolute Gasteiger partial charge is 0.477 e. The van der Waals surface area contributed by atoms with Crippen molar-refractivity contribution in [1.29, 1.82) is 0 Å². The highest BCUT2D eigenvalue weighted by atomic mass is 32.1. The van der Waals surface area contributed by atoms with Crippen LogP contribution in [0.3, 0.4) is 0 Å². The summed E-state index contributed by atoms with van der Waals surface area (Å²) in [6, 6.07) is 18.0. The van der Waals surface area contributed by atoms with Crippen molar-refractivity contribution in [2.24, 2.45) is 0 Å². The third kappa shape index (κ3) is 2.61. The van der Waals surface area contributed by atoms with Crippen molar-refractivity contribution in [3.63, 3.8) is 0 Å². The van der Waals surface area contributed by atoms with Gasteiger partial charge in [-0.2, -0.15) is 0 Å². The predicted octanol–water partition coefficient (Wildman–Crippen LogP) is 5.30. The SMILES string of the molecule is CCc1ccc(-c2nc3sc(C(=O)O)c(-c4ccccc4)n3c2C)cc1. The molecule has 0 aliphatic heterocycles. The molecule has 2 aromatic carbocycles. The first-order valence-corrected chi connectivity index (χ1v) is 9.31. The summed E-state index contributed by atoms with van der Waals surface area (Å²) in [7, 11) is 0. The molecule has 4 nitrogen and oxygen atoms in total. The third-order valence-electron chi connectivity index (χ3n) is 4.59. The van der Waals surface area contributed by atoms with Crippen molar-refractivity contribution in [1.82, 2.24) is 9.38 Å². The number of carboxylic acids is 1. The minimum absolute atomic E-state index is 0.315. The van der Waals surface area contributed by atoms with Crippen LogP contribution >= 0.6 is 11.3 Å². The minimum Gasteiger partial charge on any atom is -0.477 e. The summed E-state index contributed by atoms with van der Waals surface area (Å²) in [5.74, 6) is -0.924. The molecule has 0 spiro atoms. The van der Waals surface area contributed by atoms with Gasteiger partial charge in [-0.25, -0.2) is 9.78 Å². The van der Waals surface area contributed by atoms with Gasteiger partial charge < -0.3 is 5.11 Å². The molecule has 4 aromatic rings. The Kier molecular flexibility index (Phi) is 4.09. The molecule has 0 aliphatic rings. The molecule has 4 rings (SSSR count). The highest BCUT2D eigenvalue weighted by molar-refractivity contribution is 7.19. The molecule has 0 fully saturated rings. The minimum atomic E-state index is -0.924. The zero-order chi connectivity index (χ0) is 18.3. The fourth-order valence-corrected chi connectivity index (χ4v) is 4.25. The van der Waals surface area contributed by atoms with E-state index in [1.165, 1.54) is 16.9 Å². The van der Waals surface area contributed by atoms with Crippen molar-refractivity contribution < 1.29 is 9.90 Å². The molecule has 2 heterocycles. The van der Waals surface area contributed by atoms with Gasteiger partial charge in [-0.1, -0.05) is 72.9 Å². The van der Waals surface area contributed by atoms with E-state index in [1.807, 2.05) is 41.7 Å². The Bertz CT molecular complexity index is 1090. The number of nitrogens with zero attached hydrogens (tertiary/aromatic N) is 2. The van der Waals surface area contributed by atoms with Crippen LogP contribution in [0.1, 0.15) is 27.9 Å². The standard InChI is InChI=1S/C21H18N2O2S/c1-3-14-9-11-15(12-10-14)17-13(2)23-18(16-7-5-4-6-8-16)19(20(24)25)26-21(23)22-17/h4-12H,3H2,1-2H3,(H,24,25). The van der Waals surface area contributed by atoms with E-state index in [9.17, 15) is 9.90 Å². The fraction of sp³-hybridized carbons (Fsp3) is 0.143. The van der Waals surface area contributed by atoms with E-state index in [2.05, 4.69) is 31.2 Å². The number of aromatic carboxylic acids is 1. The summed E-state index contributed by atoms with van der Waals surface area (Å²) in [6.45, 7) is 4.13. The summed E-state index contributed by atoms with van der Waals surface area (Å²) in [4.78, 5) is 17.5. The Morgan fingerprint density at radius 3 is 2.38 bits per heavy atom. The lowest BCUT2D eigenvalue weighted by atomic mass is 10.1. The van der Waals surface area contributed by atoms with Crippen LogP contribution in [-0.4, -0.2) is 20.5 Å². The van der Waals surface area contributed by atoms with Crippen molar-refractivity contribution in [2.75, 3.05) is 0 Å². The van der Waals surface area contributed by atoms with Crippen molar-refractivity contribution in [3.05, 3.63) is 70.7 Å². The highest BCUT2D eigenvalue weighted by Gasteiger charge is 2.23. The number of aromatic nitrogens is 2. The first-order valence-electron chi connectivity index (χ1n) is 8.50. The maximum absolute atomic E-state index is 11.8. The van der Waals surface area contributed by atoms with Crippen LogP contribution in [0.5, 0.6) is 0 Å². The van der Waals surface area contributed by atoms with Crippen LogP contribution in [0.25, 0.3) is 27.5 Å². The summed E-state index contributed by atoms with van der Waals surface area (Å²) in [5.41, 5.74) is 5.75. The van der Waals surface area contributed by atoms with Gasteiger partial charge in [0.2, 0.25) is 0 Å². The molecule has 26 heavy (non-hydrogen) atoms. The van der Waals surface area contributed by atoms with Gasteiger partial charge in [0.05, 0.1) is 11.4 Å². The van der Waals surface area contributed by atoms with Gasteiger partial charge in [-0.15, -0.1) is 0 Å². The Balaban J connectivity index is 1.96. The van der Waals surface area contributed by atoms with Crippen LogP contribution in [0.2, 0.25) is 0 Å². The molecule has 0 saturated carbocycles. The zero-order valence-corrected chi connectivity index (χ0v) is 15.4. The molecule has 0 unspecified atom stereocenters. The lowest BCUT2D eigenvalue weighted by Gasteiger charge is -2.06. The van der Waals surface area contributed by atoms with E-state index in [-0.39, 0.29) is 0 Å². The number of carbonyl (C=O) groups is 1. The van der Waals surface area contributed by atoms with E-state index < -0.39 is 5.97 Å². The summed E-state index contributed by atoms with van der Waals surface area (Å²) >= 11 is 1.22. The first kappa shape index (κ1) is 16.5. The number of hydrogen-bond acceptors (Lipinski definition) is 3. The maximum Gasteiger partial charge on any atom is 0.348 e. The monoisotopic (exact) mass is 362 g/mol. The molecule has 5 heteroatoms. The lowest BCUT2D eigenvalue weighted by Crippen LogP contribution is -1.99. The second-order valence-corrected chi connectivity index (χ2v) is 7.14. The van der Waals surface area contributed by atoms with Crippen LogP contribution in [0, 0.1) is 6.92 Å². The number of carboxylic acid groups (broad SMARTS) is 1. The lowest BCUT2D eigenvalue weighted by molar-refractivity contribution is 0.0702. The Morgan fingerprint density at radius 2 is 1.77 bits per heavy atom. The van der Waals surface area contributed by atoms with Gasteiger partial charge in [0.1, 0.15) is 4.88 Å². The smallest absolute Gasteiger partial charge is 0.348 e. The van der Waals surface area contributed by atoms with E-state index in [4.69, 9.17) is 4.98 Å². The number of fused-ring (bicyclic) bond motifs is 1. The number of benzene rings is 2. The highest BCUT2D eigenvalue weighted by Crippen LogP contribution is 2.36. The van der Waals surface area contributed by atoms with E-state index >= 15 is 0 Å². The van der Waals surface area contributed by atoms with Crippen molar-refractivity contribution >= 4 is 22.3 Å². The molecule has 0 radical (unpaired) electrons. The summed E-state index contributed by atoms with van der Waals surface area (Å²) < 4.78 is 1.96. The van der Waals surface area contributed by atoms with E-state index in [0.29, 0.717) is 15.5 Å². The molecular weight excluding hydrogens is 344 g/mol.